The highest BCUT2D eigenvalue weighted by Crippen LogP contribution is 2.38. The van der Waals surface area contributed by atoms with Crippen LogP contribution < -0.4 is 4.90 Å². The molecule has 0 amide bonds. The van der Waals surface area contributed by atoms with Gasteiger partial charge in [0.2, 0.25) is 0 Å². The van der Waals surface area contributed by atoms with Gasteiger partial charge < -0.3 is 4.90 Å². The number of fused-ring (bicyclic) bond motifs is 1. The standard InChI is InChI=1S/C21H24N4O2S2/c1-15-2-4-16(5-3-15)18-12-28-21-19(18)20(22-14-23-21)25-9-7-24(8-10-25)17-6-11-29(26,27)13-17/h2-5,12,14,17H,6-11,13H2,1H3/t17-/m0/s1. The predicted molar refractivity (Wildman–Crippen MR) is 118 cm³/mol. The molecule has 29 heavy (non-hydrogen) atoms. The summed E-state index contributed by atoms with van der Waals surface area (Å²) in [5.41, 5.74) is 3.62. The van der Waals surface area contributed by atoms with E-state index in [2.05, 4.69) is 56.3 Å². The lowest BCUT2D eigenvalue weighted by atomic mass is 10.0. The van der Waals surface area contributed by atoms with Crippen LogP contribution in [0, 0.1) is 6.92 Å². The van der Waals surface area contributed by atoms with E-state index in [9.17, 15) is 8.42 Å². The Kier molecular flexibility index (Phi) is 4.80. The van der Waals surface area contributed by atoms with Crippen LogP contribution in [0.2, 0.25) is 0 Å². The van der Waals surface area contributed by atoms with Gasteiger partial charge in [0.25, 0.3) is 0 Å². The summed E-state index contributed by atoms with van der Waals surface area (Å²) in [6, 6.07) is 8.77. The molecule has 0 spiro atoms. The summed E-state index contributed by atoms with van der Waals surface area (Å²) in [6.07, 6.45) is 2.42. The molecule has 0 unspecified atom stereocenters. The molecule has 0 saturated carbocycles. The lowest BCUT2D eigenvalue weighted by molar-refractivity contribution is 0.200. The van der Waals surface area contributed by atoms with Crippen LogP contribution in [0.3, 0.4) is 0 Å². The van der Waals surface area contributed by atoms with E-state index < -0.39 is 9.84 Å². The first-order valence-corrected chi connectivity index (χ1v) is 12.7. The number of hydrogen-bond acceptors (Lipinski definition) is 7. The lowest BCUT2D eigenvalue weighted by Crippen LogP contribution is -2.51. The first kappa shape index (κ1) is 19.0. The number of thiophene rings is 1. The monoisotopic (exact) mass is 428 g/mol. The van der Waals surface area contributed by atoms with Gasteiger partial charge in [0.15, 0.2) is 9.84 Å². The first-order chi connectivity index (χ1) is 14.0. The summed E-state index contributed by atoms with van der Waals surface area (Å²) < 4.78 is 23.7. The van der Waals surface area contributed by atoms with Crippen LogP contribution in [0.15, 0.2) is 36.0 Å². The van der Waals surface area contributed by atoms with Crippen LogP contribution >= 0.6 is 11.3 Å². The van der Waals surface area contributed by atoms with Crippen LogP contribution in [0.25, 0.3) is 21.3 Å². The zero-order valence-corrected chi connectivity index (χ0v) is 18.0. The molecule has 6 nitrogen and oxygen atoms in total. The summed E-state index contributed by atoms with van der Waals surface area (Å²) in [6.45, 7) is 5.54. The van der Waals surface area contributed by atoms with E-state index in [0.717, 1.165) is 48.6 Å². The van der Waals surface area contributed by atoms with Crippen LogP contribution in [-0.2, 0) is 9.84 Å². The molecule has 152 valence electrons. The Bertz CT molecular complexity index is 1130. The molecule has 0 aliphatic carbocycles. The van der Waals surface area contributed by atoms with E-state index in [1.165, 1.54) is 16.7 Å². The van der Waals surface area contributed by atoms with Crippen LogP contribution in [0.5, 0.6) is 0 Å². The van der Waals surface area contributed by atoms with Gasteiger partial charge in [-0.25, -0.2) is 18.4 Å². The van der Waals surface area contributed by atoms with Crippen molar-refractivity contribution in [2.24, 2.45) is 0 Å². The molecule has 2 fully saturated rings. The molecule has 3 aromatic rings. The smallest absolute Gasteiger partial charge is 0.151 e. The van der Waals surface area contributed by atoms with Gasteiger partial charge in [0, 0.05) is 43.2 Å². The highest BCUT2D eigenvalue weighted by atomic mass is 32.2. The summed E-state index contributed by atoms with van der Waals surface area (Å²) in [4.78, 5) is 14.8. The molecule has 5 rings (SSSR count). The van der Waals surface area contributed by atoms with Crippen LogP contribution in [0.4, 0.5) is 5.82 Å². The summed E-state index contributed by atoms with van der Waals surface area (Å²) in [5, 5.41) is 3.30. The van der Waals surface area contributed by atoms with Crippen molar-refractivity contribution in [3.05, 3.63) is 41.5 Å². The number of sulfone groups is 1. The number of benzene rings is 1. The zero-order chi connectivity index (χ0) is 20.0. The number of hydrogen-bond donors (Lipinski definition) is 0. The Morgan fingerprint density at radius 3 is 2.52 bits per heavy atom. The van der Waals surface area contributed by atoms with Crippen molar-refractivity contribution in [2.45, 2.75) is 19.4 Å². The average Bonchev–Trinajstić information content (AvgIpc) is 3.32. The van der Waals surface area contributed by atoms with Crippen molar-refractivity contribution in [1.82, 2.24) is 14.9 Å². The van der Waals surface area contributed by atoms with E-state index in [0.29, 0.717) is 11.5 Å². The fourth-order valence-electron chi connectivity index (χ4n) is 4.41. The second-order valence-corrected chi connectivity index (χ2v) is 11.1. The Balaban J connectivity index is 1.41. The van der Waals surface area contributed by atoms with Crippen molar-refractivity contribution >= 4 is 37.2 Å². The molecule has 0 radical (unpaired) electrons. The Morgan fingerprint density at radius 2 is 1.83 bits per heavy atom. The normalized spacial score (nSPS) is 22.4. The third-order valence-electron chi connectivity index (χ3n) is 6.05. The average molecular weight is 429 g/mol. The molecular weight excluding hydrogens is 404 g/mol. The van der Waals surface area contributed by atoms with Gasteiger partial charge in [-0.05, 0) is 18.9 Å². The number of piperazine rings is 1. The molecule has 2 aliphatic heterocycles. The van der Waals surface area contributed by atoms with Gasteiger partial charge in [0.1, 0.15) is 17.0 Å². The number of aryl methyl sites for hydroxylation is 1. The van der Waals surface area contributed by atoms with Crippen LogP contribution in [-0.4, -0.2) is 67.0 Å². The van der Waals surface area contributed by atoms with Gasteiger partial charge in [-0.1, -0.05) is 29.8 Å². The molecule has 2 aromatic heterocycles. The maximum atomic E-state index is 11.8. The van der Waals surface area contributed by atoms with E-state index in [4.69, 9.17) is 0 Å². The van der Waals surface area contributed by atoms with Gasteiger partial charge >= 0.3 is 0 Å². The van der Waals surface area contributed by atoms with Gasteiger partial charge in [-0.2, -0.15) is 0 Å². The van der Waals surface area contributed by atoms with E-state index in [-0.39, 0.29) is 6.04 Å². The maximum absolute atomic E-state index is 11.8. The fraction of sp³-hybridized carbons (Fsp3) is 0.429. The SMILES string of the molecule is Cc1ccc(-c2csc3ncnc(N4CCN([C@H]5CCS(=O)(=O)C5)CC4)c23)cc1. The molecule has 4 heterocycles. The van der Waals surface area contributed by atoms with E-state index in [1.807, 2.05) is 0 Å². The maximum Gasteiger partial charge on any atom is 0.151 e. The molecule has 0 bridgehead atoms. The molecule has 2 aliphatic rings. The predicted octanol–water partition coefficient (Wildman–Crippen LogP) is 2.98. The topological polar surface area (TPSA) is 66.4 Å². The summed E-state index contributed by atoms with van der Waals surface area (Å²) in [7, 11) is -2.85. The third-order valence-corrected chi connectivity index (χ3v) is 8.69. The lowest BCUT2D eigenvalue weighted by Gasteiger charge is -2.38. The Hall–Kier alpha value is -2.03. The van der Waals surface area contributed by atoms with Gasteiger partial charge in [0.05, 0.1) is 16.9 Å². The minimum absolute atomic E-state index is 0.178. The Labute approximate surface area is 175 Å². The highest BCUT2D eigenvalue weighted by Gasteiger charge is 2.34. The summed E-state index contributed by atoms with van der Waals surface area (Å²) >= 11 is 1.66. The number of nitrogens with zero attached hydrogens (tertiary/aromatic N) is 4. The molecular formula is C21H24N4O2S2. The van der Waals surface area contributed by atoms with E-state index >= 15 is 0 Å². The van der Waals surface area contributed by atoms with Gasteiger partial charge in [-0.3, -0.25) is 4.90 Å². The highest BCUT2D eigenvalue weighted by molar-refractivity contribution is 7.91. The molecule has 2 saturated heterocycles. The number of rotatable bonds is 3. The molecule has 8 heteroatoms. The first-order valence-electron chi connectivity index (χ1n) is 9.99. The minimum atomic E-state index is -2.85. The van der Waals surface area contributed by atoms with E-state index in [1.54, 1.807) is 17.7 Å². The number of anilines is 1. The van der Waals surface area contributed by atoms with Crippen molar-refractivity contribution in [2.75, 3.05) is 42.6 Å². The number of aromatic nitrogens is 2. The fourth-order valence-corrected chi connectivity index (χ4v) is 7.08. The second kappa shape index (κ2) is 7.34. The largest absolute Gasteiger partial charge is 0.353 e. The second-order valence-electron chi connectivity index (χ2n) is 7.97. The third kappa shape index (κ3) is 3.65. The van der Waals surface area contributed by atoms with Crippen LogP contribution in [0.1, 0.15) is 12.0 Å². The molecule has 0 N–H and O–H groups in total. The van der Waals surface area contributed by atoms with Crippen molar-refractivity contribution in [3.8, 4) is 11.1 Å². The minimum Gasteiger partial charge on any atom is -0.353 e. The van der Waals surface area contributed by atoms with Crippen molar-refractivity contribution in [3.63, 3.8) is 0 Å². The molecule has 1 aromatic carbocycles. The van der Waals surface area contributed by atoms with Gasteiger partial charge in [-0.15, -0.1) is 11.3 Å². The van der Waals surface area contributed by atoms with Crippen molar-refractivity contribution < 1.29 is 8.42 Å². The summed E-state index contributed by atoms with van der Waals surface area (Å²) in [5.74, 6) is 1.64. The van der Waals surface area contributed by atoms with Crippen molar-refractivity contribution in [1.29, 1.82) is 0 Å². The molecule has 1 atom stereocenters. The Morgan fingerprint density at radius 1 is 1.07 bits per heavy atom. The zero-order valence-electron chi connectivity index (χ0n) is 16.4. The quantitative estimate of drug-likeness (QED) is 0.639.